The molecular formula is C14H14Br2ClN3. The molecule has 0 spiro atoms. The monoisotopic (exact) mass is 417 g/mol. The Morgan fingerprint density at radius 3 is 2.55 bits per heavy atom. The van der Waals surface area contributed by atoms with E-state index in [4.69, 9.17) is 11.6 Å². The number of hydrogen-bond acceptors (Lipinski definition) is 3. The zero-order chi connectivity index (χ0) is 14.7. The highest BCUT2D eigenvalue weighted by atomic mass is 79.9. The highest BCUT2D eigenvalue weighted by Gasteiger charge is 2.14. The van der Waals surface area contributed by atoms with Crippen molar-refractivity contribution in [1.29, 1.82) is 0 Å². The number of rotatable bonds is 4. The van der Waals surface area contributed by atoms with Crippen LogP contribution in [0.1, 0.15) is 19.5 Å². The van der Waals surface area contributed by atoms with Crippen LogP contribution in [0, 0.1) is 0 Å². The Balaban J connectivity index is 2.58. The van der Waals surface area contributed by atoms with E-state index < -0.39 is 0 Å². The third-order valence-electron chi connectivity index (χ3n) is 2.77. The molecule has 0 fully saturated rings. The van der Waals surface area contributed by atoms with E-state index in [0.29, 0.717) is 10.8 Å². The van der Waals surface area contributed by atoms with Crippen molar-refractivity contribution < 1.29 is 0 Å². The summed E-state index contributed by atoms with van der Waals surface area (Å²) in [6.45, 7) is 4.90. The number of halogens is 3. The Morgan fingerprint density at radius 1 is 1.20 bits per heavy atom. The van der Waals surface area contributed by atoms with Crippen molar-refractivity contribution in [2.45, 2.75) is 20.3 Å². The normalized spacial score (nSPS) is 10.7. The number of aryl methyl sites for hydroxylation is 1. The number of nitrogens with one attached hydrogen (secondary N) is 1. The molecule has 1 aromatic heterocycles. The van der Waals surface area contributed by atoms with Gasteiger partial charge in [0.1, 0.15) is 5.82 Å². The molecule has 3 nitrogen and oxygen atoms in total. The maximum absolute atomic E-state index is 6.29. The summed E-state index contributed by atoms with van der Waals surface area (Å²) in [4.78, 5) is 9.16. The van der Waals surface area contributed by atoms with Gasteiger partial charge in [0.05, 0.1) is 15.2 Å². The van der Waals surface area contributed by atoms with Gasteiger partial charge in [0.15, 0.2) is 5.82 Å². The lowest BCUT2D eigenvalue weighted by atomic mass is 10.2. The molecule has 1 N–H and O–H groups in total. The second-order valence-corrected chi connectivity index (χ2v) is 6.28. The van der Waals surface area contributed by atoms with Crippen LogP contribution in [-0.4, -0.2) is 16.5 Å². The molecule has 0 saturated heterocycles. The van der Waals surface area contributed by atoms with Crippen LogP contribution in [0.5, 0.6) is 0 Å². The van der Waals surface area contributed by atoms with Gasteiger partial charge in [0.25, 0.3) is 0 Å². The Hall–Kier alpha value is -0.650. The lowest BCUT2D eigenvalue weighted by Crippen LogP contribution is -2.06. The van der Waals surface area contributed by atoms with Crippen LogP contribution >= 0.6 is 43.5 Å². The van der Waals surface area contributed by atoms with Crippen LogP contribution in [0.3, 0.4) is 0 Å². The van der Waals surface area contributed by atoms with E-state index in [0.717, 1.165) is 39.0 Å². The van der Waals surface area contributed by atoms with Crippen LogP contribution in [0.2, 0.25) is 5.02 Å². The summed E-state index contributed by atoms with van der Waals surface area (Å²) in [6, 6.07) is 5.71. The summed E-state index contributed by atoms with van der Waals surface area (Å²) in [7, 11) is 0. The van der Waals surface area contributed by atoms with E-state index in [2.05, 4.69) is 54.1 Å². The zero-order valence-corrected chi connectivity index (χ0v) is 15.1. The molecule has 0 aliphatic rings. The minimum atomic E-state index is 0.631. The van der Waals surface area contributed by atoms with Crippen molar-refractivity contribution in [3.63, 3.8) is 0 Å². The van der Waals surface area contributed by atoms with Gasteiger partial charge < -0.3 is 5.32 Å². The van der Waals surface area contributed by atoms with Crippen molar-refractivity contribution in [2.24, 2.45) is 0 Å². The Morgan fingerprint density at radius 2 is 1.95 bits per heavy atom. The molecule has 2 aromatic rings. The van der Waals surface area contributed by atoms with Gasteiger partial charge in [-0.15, -0.1) is 0 Å². The zero-order valence-electron chi connectivity index (χ0n) is 11.2. The van der Waals surface area contributed by atoms with Gasteiger partial charge in [0.2, 0.25) is 0 Å². The number of anilines is 1. The first-order valence-electron chi connectivity index (χ1n) is 6.32. The second kappa shape index (κ2) is 6.87. The summed E-state index contributed by atoms with van der Waals surface area (Å²) < 4.78 is 1.85. The quantitative estimate of drug-likeness (QED) is 0.729. The minimum Gasteiger partial charge on any atom is -0.369 e. The summed E-state index contributed by atoms with van der Waals surface area (Å²) in [5.41, 5.74) is 1.79. The SMILES string of the molecule is CCNc1nc(-c2ccc(Br)cc2Cl)nc(CC)c1Br. The molecule has 0 radical (unpaired) electrons. The maximum Gasteiger partial charge on any atom is 0.163 e. The molecule has 1 aromatic carbocycles. The van der Waals surface area contributed by atoms with Crippen LogP contribution in [-0.2, 0) is 6.42 Å². The van der Waals surface area contributed by atoms with Crippen molar-refractivity contribution in [3.8, 4) is 11.4 Å². The first-order chi connectivity index (χ1) is 9.56. The Kier molecular flexibility index (Phi) is 5.41. The molecule has 0 bridgehead atoms. The number of hydrogen-bond donors (Lipinski definition) is 1. The maximum atomic E-state index is 6.29. The van der Waals surface area contributed by atoms with Crippen molar-refractivity contribution >= 4 is 49.3 Å². The molecule has 0 atom stereocenters. The van der Waals surface area contributed by atoms with Crippen LogP contribution in [0.25, 0.3) is 11.4 Å². The number of aromatic nitrogens is 2. The second-order valence-electron chi connectivity index (χ2n) is 4.16. The lowest BCUT2D eigenvalue weighted by molar-refractivity contribution is 0.984. The van der Waals surface area contributed by atoms with Crippen LogP contribution in [0.15, 0.2) is 27.1 Å². The van der Waals surface area contributed by atoms with E-state index in [1.165, 1.54) is 0 Å². The number of benzene rings is 1. The molecular weight excluding hydrogens is 405 g/mol. The molecule has 0 unspecified atom stereocenters. The van der Waals surface area contributed by atoms with Crippen molar-refractivity contribution in [2.75, 3.05) is 11.9 Å². The smallest absolute Gasteiger partial charge is 0.163 e. The van der Waals surface area contributed by atoms with Gasteiger partial charge in [-0.05, 0) is 47.5 Å². The average molecular weight is 420 g/mol. The van der Waals surface area contributed by atoms with Gasteiger partial charge in [-0.3, -0.25) is 0 Å². The molecule has 0 aliphatic carbocycles. The predicted molar refractivity (Wildman–Crippen MR) is 91.4 cm³/mol. The molecule has 2 rings (SSSR count). The third kappa shape index (κ3) is 3.32. The van der Waals surface area contributed by atoms with Gasteiger partial charge in [-0.1, -0.05) is 34.5 Å². The predicted octanol–water partition coefficient (Wildman–Crippen LogP) is 5.32. The topological polar surface area (TPSA) is 37.8 Å². The van der Waals surface area contributed by atoms with E-state index in [9.17, 15) is 0 Å². The molecule has 6 heteroatoms. The molecule has 0 aliphatic heterocycles. The first-order valence-corrected chi connectivity index (χ1v) is 8.28. The Bertz CT molecular complexity index is 632. The molecule has 106 valence electrons. The largest absolute Gasteiger partial charge is 0.369 e. The summed E-state index contributed by atoms with van der Waals surface area (Å²) in [6.07, 6.45) is 0.822. The number of nitrogens with zero attached hydrogens (tertiary/aromatic N) is 2. The Labute approximate surface area is 140 Å². The fourth-order valence-corrected chi connectivity index (χ4v) is 3.16. The van der Waals surface area contributed by atoms with E-state index in [1.54, 1.807) is 0 Å². The molecule has 0 saturated carbocycles. The minimum absolute atomic E-state index is 0.631. The standard InChI is InChI=1S/C14H14Br2ClN3/c1-3-11-12(16)14(18-4-2)20-13(19-11)9-6-5-8(15)7-10(9)17/h5-7H,3-4H2,1-2H3,(H,18,19,20). The average Bonchev–Trinajstić information content (AvgIpc) is 2.41. The summed E-state index contributed by atoms with van der Waals surface area (Å²) >= 11 is 13.2. The highest BCUT2D eigenvalue weighted by molar-refractivity contribution is 9.11. The van der Waals surface area contributed by atoms with Crippen molar-refractivity contribution in [3.05, 3.63) is 37.9 Å². The first kappa shape index (κ1) is 15.7. The lowest BCUT2D eigenvalue weighted by Gasteiger charge is -2.12. The molecule has 0 amide bonds. The van der Waals surface area contributed by atoms with E-state index in [-0.39, 0.29) is 0 Å². The summed E-state index contributed by atoms with van der Waals surface area (Å²) in [5, 5.41) is 3.87. The van der Waals surface area contributed by atoms with Crippen molar-refractivity contribution in [1.82, 2.24) is 9.97 Å². The van der Waals surface area contributed by atoms with Gasteiger partial charge in [-0.25, -0.2) is 9.97 Å². The van der Waals surface area contributed by atoms with Gasteiger partial charge >= 0.3 is 0 Å². The fraction of sp³-hybridized carbons (Fsp3) is 0.286. The fourth-order valence-electron chi connectivity index (χ4n) is 1.80. The highest BCUT2D eigenvalue weighted by Crippen LogP contribution is 2.32. The van der Waals surface area contributed by atoms with E-state index in [1.807, 2.05) is 25.1 Å². The third-order valence-corrected chi connectivity index (χ3v) is 4.41. The van der Waals surface area contributed by atoms with Gasteiger partial charge in [-0.2, -0.15) is 0 Å². The summed E-state index contributed by atoms with van der Waals surface area (Å²) in [5.74, 6) is 1.44. The molecule has 1 heterocycles. The molecule has 20 heavy (non-hydrogen) atoms. The van der Waals surface area contributed by atoms with Gasteiger partial charge in [0, 0.05) is 16.6 Å². The van der Waals surface area contributed by atoms with Crippen LogP contribution < -0.4 is 5.32 Å². The van der Waals surface area contributed by atoms with Crippen LogP contribution in [0.4, 0.5) is 5.82 Å². The van der Waals surface area contributed by atoms with E-state index >= 15 is 0 Å².